The molecule has 0 aromatic heterocycles. The van der Waals surface area contributed by atoms with E-state index in [1.807, 2.05) is 14.1 Å². The number of nitrogens with two attached hydrogens (primary N) is 1. The minimum absolute atomic E-state index is 0.0196. The molecule has 0 aliphatic rings. The molecule has 5 nitrogen and oxygen atoms in total. The monoisotopic (exact) mass is 220 g/mol. The molecular formula is C11H16N4O. The van der Waals surface area contributed by atoms with Gasteiger partial charge >= 0.3 is 0 Å². The Morgan fingerprint density at radius 2 is 1.94 bits per heavy atom. The van der Waals surface area contributed by atoms with E-state index in [4.69, 9.17) is 11.1 Å². The third-order valence-electron chi connectivity index (χ3n) is 1.94. The van der Waals surface area contributed by atoms with Crippen LogP contribution >= 0.6 is 0 Å². The molecule has 1 aromatic rings. The molecule has 1 amide bonds. The Labute approximate surface area is 94.8 Å². The van der Waals surface area contributed by atoms with Gasteiger partial charge in [-0.1, -0.05) is 0 Å². The van der Waals surface area contributed by atoms with Gasteiger partial charge in [0.2, 0.25) is 5.91 Å². The van der Waals surface area contributed by atoms with Crippen LogP contribution in [0.5, 0.6) is 0 Å². The molecule has 1 rings (SSSR count). The average Bonchev–Trinajstić information content (AvgIpc) is 2.16. The number of nitrogens with one attached hydrogen (secondary N) is 2. The molecule has 0 radical (unpaired) electrons. The first-order chi connectivity index (χ1) is 7.49. The smallest absolute Gasteiger partial charge is 0.238 e. The van der Waals surface area contributed by atoms with E-state index in [-0.39, 0.29) is 11.7 Å². The van der Waals surface area contributed by atoms with E-state index < -0.39 is 0 Å². The quantitative estimate of drug-likeness (QED) is 0.509. The van der Waals surface area contributed by atoms with Gasteiger partial charge in [0.05, 0.1) is 6.54 Å². The predicted molar refractivity (Wildman–Crippen MR) is 64.6 cm³/mol. The maximum absolute atomic E-state index is 11.4. The molecule has 0 heterocycles. The summed E-state index contributed by atoms with van der Waals surface area (Å²) in [6.07, 6.45) is 0. The van der Waals surface area contributed by atoms with Crippen molar-refractivity contribution < 1.29 is 4.79 Å². The maximum atomic E-state index is 11.4. The predicted octanol–water partition coefficient (Wildman–Crippen LogP) is 0.471. The topological polar surface area (TPSA) is 82.2 Å². The van der Waals surface area contributed by atoms with Crippen LogP contribution in [0.4, 0.5) is 5.69 Å². The van der Waals surface area contributed by atoms with Crippen LogP contribution in [-0.4, -0.2) is 37.3 Å². The fraction of sp³-hybridized carbons (Fsp3) is 0.273. The van der Waals surface area contributed by atoms with Gasteiger partial charge < -0.3 is 16.0 Å². The molecule has 0 bridgehead atoms. The number of nitrogen functional groups attached to an aromatic ring is 1. The summed E-state index contributed by atoms with van der Waals surface area (Å²) < 4.78 is 0. The molecule has 1 aromatic carbocycles. The van der Waals surface area contributed by atoms with Crippen LogP contribution in [0.1, 0.15) is 5.56 Å². The van der Waals surface area contributed by atoms with Gasteiger partial charge in [-0.05, 0) is 38.4 Å². The highest BCUT2D eigenvalue weighted by Crippen LogP contribution is 2.08. The molecule has 0 aliphatic heterocycles. The van der Waals surface area contributed by atoms with Crippen molar-refractivity contribution in [3.05, 3.63) is 29.8 Å². The zero-order valence-electron chi connectivity index (χ0n) is 9.45. The number of hydrogen-bond donors (Lipinski definition) is 3. The van der Waals surface area contributed by atoms with E-state index in [0.29, 0.717) is 17.8 Å². The molecule has 0 aliphatic carbocycles. The van der Waals surface area contributed by atoms with Gasteiger partial charge in [-0.15, -0.1) is 0 Å². The number of carbonyl (C=O) groups excluding carboxylic acids is 1. The van der Waals surface area contributed by atoms with E-state index in [2.05, 4.69) is 5.32 Å². The van der Waals surface area contributed by atoms with Gasteiger partial charge in [0.15, 0.2) is 0 Å². The Morgan fingerprint density at radius 1 is 1.38 bits per heavy atom. The fourth-order valence-corrected chi connectivity index (χ4v) is 1.22. The third kappa shape index (κ3) is 3.70. The van der Waals surface area contributed by atoms with E-state index >= 15 is 0 Å². The lowest BCUT2D eigenvalue weighted by Crippen LogP contribution is -2.27. The lowest BCUT2D eigenvalue weighted by molar-refractivity contribution is -0.116. The highest BCUT2D eigenvalue weighted by Gasteiger charge is 2.03. The van der Waals surface area contributed by atoms with Crippen molar-refractivity contribution in [1.29, 1.82) is 5.41 Å². The zero-order chi connectivity index (χ0) is 12.1. The number of hydrogen-bond acceptors (Lipinski definition) is 3. The first-order valence-corrected chi connectivity index (χ1v) is 4.88. The summed E-state index contributed by atoms with van der Waals surface area (Å²) in [5.41, 5.74) is 6.67. The Balaban J connectivity index is 2.62. The molecule has 0 saturated heterocycles. The van der Waals surface area contributed by atoms with Crippen molar-refractivity contribution in [1.82, 2.24) is 4.90 Å². The first-order valence-electron chi connectivity index (χ1n) is 4.88. The van der Waals surface area contributed by atoms with Crippen molar-refractivity contribution in [3.8, 4) is 0 Å². The van der Waals surface area contributed by atoms with Crippen molar-refractivity contribution >= 4 is 17.4 Å². The summed E-state index contributed by atoms with van der Waals surface area (Å²) in [4.78, 5) is 13.2. The standard InChI is InChI=1S/C11H16N4O/c1-15(2)7-10(16)14-9-5-3-8(4-6-9)11(12)13/h3-6H,7H2,1-2H3,(H3,12,13)(H,14,16). The summed E-state index contributed by atoms with van der Waals surface area (Å²) in [6.45, 7) is 0.342. The summed E-state index contributed by atoms with van der Waals surface area (Å²) in [5.74, 6) is -0.0493. The molecule has 16 heavy (non-hydrogen) atoms. The number of carbonyl (C=O) groups is 1. The van der Waals surface area contributed by atoms with Crippen molar-refractivity contribution in [2.45, 2.75) is 0 Å². The second-order valence-electron chi connectivity index (χ2n) is 3.78. The van der Waals surface area contributed by atoms with Gasteiger partial charge in [0.25, 0.3) is 0 Å². The number of likely N-dealkylation sites (N-methyl/N-ethyl adjacent to an activating group) is 1. The Bertz CT molecular complexity index is 383. The van der Waals surface area contributed by atoms with Crippen LogP contribution in [0.3, 0.4) is 0 Å². The van der Waals surface area contributed by atoms with E-state index in [1.165, 1.54) is 0 Å². The van der Waals surface area contributed by atoms with Gasteiger partial charge in [0.1, 0.15) is 5.84 Å². The number of amides is 1. The normalized spacial score (nSPS) is 10.2. The number of rotatable bonds is 4. The number of amidine groups is 1. The van der Waals surface area contributed by atoms with Crippen molar-refractivity contribution in [2.24, 2.45) is 5.73 Å². The highest BCUT2D eigenvalue weighted by atomic mass is 16.2. The van der Waals surface area contributed by atoms with Crippen LogP contribution in [0.2, 0.25) is 0 Å². The average molecular weight is 220 g/mol. The summed E-state index contributed by atoms with van der Waals surface area (Å²) in [6, 6.07) is 6.86. The van der Waals surface area contributed by atoms with E-state index in [1.54, 1.807) is 29.2 Å². The minimum Gasteiger partial charge on any atom is -0.384 e. The van der Waals surface area contributed by atoms with Crippen LogP contribution in [-0.2, 0) is 4.79 Å². The molecule has 0 atom stereocenters. The summed E-state index contributed by atoms with van der Waals surface area (Å²) in [7, 11) is 3.66. The summed E-state index contributed by atoms with van der Waals surface area (Å²) >= 11 is 0. The minimum atomic E-state index is -0.0689. The van der Waals surface area contributed by atoms with Gasteiger partial charge in [-0.25, -0.2) is 0 Å². The van der Waals surface area contributed by atoms with Gasteiger partial charge in [0, 0.05) is 11.3 Å². The molecule has 0 saturated carbocycles. The Kier molecular flexibility index (Phi) is 4.02. The lowest BCUT2D eigenvalue weighted by atomic mass is 10.2. The SMILES string of the molecule is CN(C)CC(=O)Nc1ccc(C(=N)N)cc1. The maximum Gasteiger partial charge on any atom is 0.238 e. The first kappa shape index (κ1) is 12.2. The highest BCUT2D eigenvalue weighted by molar-refractivity contribution is 5.96. The second-order valence-corrected chi connectivity index (χ2v) is 3.78. The van der Waals surface area contributed by atoms with Crippen molar-refractivity contribution in [3.63, 3.8) is 0 Å². The Hall–Kier alpha value is -1.88. The third-order valence-corrected chi connectivity index (χ3v) is 1.94. The van der Waals surface area contributed by atoms with Crippen LogP contribution in [0.25, 0.3) is 0 Å². The largest absolute Gasteiger partial charge is 0.384 e. The molecular weight excluding hydrogens is 204 g/mol. The summed E-state index contributed by atoms with van der Waals surface area (Å²) in [5, 5.41) is 9.97. The van der Waals surface area contributed by atoms with Crippen LogP contribution in [0.15, 0.2) is 24.3 Å². The Morgan fingerprint density at radius 3 is 2.38 bits per heavy atom. The number of nitrogens with zero attached hydrogens (tertiary/aromatic N) is 1. The molecule has 0 unspecified atom stereocenters. The zero-order valence-corrected chi connectivity index (χ0v) is 9.45. The fourth-order valence-electron chi connectivity index (χ4n) is 1.22. The number of anilines is 1. The molecule has 0 fully saturated rings. The number of benzene rings is 1. The van der Waals surface area contributed by atoms with E-state index in [9.17, 15) is 4.79 Å². The van der Waals surface area contributed by atoms with E-state index in [0.717, 1.165) is 0 Å². The molecule has 0 spiro atoms. The van der Waals surface area contributed by atoms with Gasteiger partial charge in [-0.3, -0.25) is 10.2 Å². The van der Waals surface area contributed by atoms with Gasteiger partial charge in [-0.2, -0.15) is 0 Å². The van der Waals surface area contributed by atoms with Crippen LogP contribution in [0, 0.1) is 5.41 Å². The lowest BCUT2D eigenvalue weighted by Gasteiger charge is -2.10. The molecule has 5 heteroatoms. The molecule has 86 valence electrons. The molecule has 4 N–H and O–H groups in total. The second kappa shape index (κ2) is 5.27. The van der Waals surface area contributed by atoms with Crippen LogP contribution < -0.4 is 11.1 Å². The van der Waals surface area contributed by atoms with Crippen molar-refractivity contribution in [2.75, 3.05) is 26.0 Å².